The first kappa shape index (κ1) is 14.8. The molecule has 0 aliphatic carbocycles. The van der Waals surface area contributed by atoms with Gasteiger partial charge in [0, 0.05) is 31.0 Å². The summed E-state index contributed by atoms with van der Waals surface area (Å²) in [6.07, 6.45) is 3.49. The minimum Gasteiger partial charge on any atom is -0.343 e. The molecule has 0 atom stereocenters. The Morgan fingerprint density at radius 2 is 2.00 bits per heavy atom. The van der Waals surface area contributed by atoms with Crippen molar-refractivity contribution in [3.63, 3.8) is 0 Å². The molecule has 1 amide bonds. The third kappa shape index (κ3) is 3.18. The zero-order valence-corrected chi connectivity index (χ0v) is 13.0. The molecule has 2 aromatic rings. The smallest absolute Gasteiger partial charge is 0.222 e. The lowest BCUT2D eigenvalue weighted by atomic mass is 9.96. The number of likely N-dealkylation sites (tertiary alicyclic amines) is 1. The van der Waals surface area contributed by atoms with Gasteiger partial charge in [-0.2, -0.15) is 5.10 Å². The molecular weight excluding hydrogens is 276 g/mol. The molecular formula is C17H22N4O. The van der Waals surface area contributed by atoms with Gasteiger partial charge < -0.3 is 4.90 Å². The summed E-state index contributed by atoms with van der Waals surface area (Å²) in [6, 6.07) is 9.99. The molecule has 2 heterocycles. The van der Waals surface area contributed by atoms with Crippen molar-refractivity contribution in [1.82, 2.24) is 20.1 Å². The number of aromatic amines is 1. The number of aromatic nitrogens is 3. The number of carbonyl (C=O) groups excluding carboxylic acids is 1. The summed E-state index contributed by atoms with van der Waals surface area (Å²) in [5.41, 5.74) is 1.03. The second-order valence-corrected chi connectivity index (χ2v) is 5.82. The van der Waals surface area contributed by atoms with E-state index in [1.165, 1.54) is 0 Å². The van der Waals surface area contributed by atoms with Crippen molar-refractivity contribution in [2.24, 2.45) is 0 Å². The van der Waals surface area contributed by atoms with E-state index < -0.39 is 0 Å². The number of benzene rings is 1. The summed E-state index contributed by atoms with van der Waals surface area (Å²) in [4.78, 5) is 18.5. The number of H-pyrrole nitrogens is 1. The third-order valence-electron chi connectivity index (χ3n) is 4.23. The first-order chi connectivity index (χ1) is 10.8. The predicted octanol–water partition coefficient (Wildman–Crippen LogP) is 2.98. The van der Waals surface area contributed by atoms with Gasteiger partial charge in [-0.25, -0.2) is 4.98 Å². The van der Waals surface area contributed by atoms with Gasteiger partial charge in [0.25, 0.3) is 0 Å². The van der Waals surface area contributed by atoms with E-state index in [1.807, 2.05) is 42.2 Å². The molecule has 0 unspecified atom stereocenters. The Kier molecular flexibility index (Phi) is 4.51. The van der Waals surface area contributed by atoms with Gasteiger partial charge in [-0.1, -0.05) is 37.3 Å². The fourth-order valence-corrected chi connectivity index (χ4v) is 2.95. The molecule has 0 spiro atoms. The molecule has 1 fully saturated rings. The Balaban J connectivity index is 1.63. The second kappa shape index (κ2) is 6.73. The lowest BCUT2D eigenvalue weighted by molar-refractivity contribution is -0.132. The molecule has 0 bridgehead atoms. The molecule has 22 heavy (non-hydrogen) atoms. The molecule has 5 nitrogen and oxygen atoms in total. The van der Waals surface area contributed by atoms with Gasteiger partial charge >= 0.3 is 0 Å². The van der Waals surface area contributed by atoms with Gasteiger partial charge in [-0.15, -0.1) is 0 Å². The summed E-state index contributed by atoms with van der Waals surface area (Å²) in [7, 11) is 0. The first-order valence-corrected chi connectivity index (χ1v) is 8.03. The highest BCUT2D eigenvalue weighted by atomic mass is 16.2. The Bertz CT molecular complexity index is 615. The summed E-state index contributed by atoms with van der Waals surface area (Å²) in [5, 5.41) is 7.41. The van der Waals surface area contributed by atoms with Crippen LogP contribution in [0.25, 0.3) is 11.4 Å². The molecule has 5 heteroatoms. The highest BCUT2D eigenvalue weighted by molar-refractivity contribution is 5.76. The lowest BCUT2D eigenvalue weighted by Crippen LogP contribution is -2.37. The maximum absolute atomic E-state index is 11.9. The van der Waals surface area contributed by atoms with Gasteiger partial charge in [-0.05, 0) is 19.3 Å². The van der Waals surface area contributed by atoms with Crippen LogP contribution in [0.3, 0.4) is 0 Å². The molecule has 0 radical (unpaired) electrons. The van der Waals surface area contributed by atoms with Crippen LogP contribution >= 0.6 is 0 Å². The number of rotatable bonds is 4. The van der Waals surface area contributed by atoms with E-state index in [0.29, 0.717) is 12.3 Å². The van der Waals surface area contributed by atoms with Gasteiger partial charge in [-0.3, -0.25) is 9.89 Å². The molecule has 116 valence electrons. The van der Waals surface area contributed by atoms with E-state index in [0.717, 1.165) is 49.6 Å². The van der Waals surface area contributed by atoms with Crippen molar-refractivity contribution >= 4 is 5.91 Å². The predicted molar refractivity (Wildman–Crippen MR) is 85.3 cm³/mol. The number of carbonyl (C=O) groups is 1. The van der Waals surface area contributed by atoms with Gasteiger partial charge in [0.2, 0.25) is 5.91 Å². The molecule has 1 N–H and O–H groups in total. The largest absolute Gasteiger partial charge is 0.343 e. The Morgan fingerprint density at radius 1 is 1.27 bits per heavy atom. The SMILES string of the molecule is CCCC(=O)N1CCC(c2nc(-c3ccccc3)n[nH]2)CC1. The highest BCUT2D eigenvalue weighted by Crippen LogP contribution is 2.27. The minimum atomic E-state index is 0.281. The third-order valence-corrected chi connectivity index (χ3v) is 4.23. The zero-order chi connectivity index (χ0) is 15.4. The van der Waals surface area contributed by atoms with Crippen molar-refractivity contribution in [3.05, 3.63) is 36.2 Å². The topological polar surface area (TPSA) is 61.9 Å². The van der Waals surface area contributed by atoms with Crippen molar-refractivity contribution in [2.45, 2.75) is 38.5 Å². The van der Waals surface area contributed by atoms with E-state index in [4.69, 9.17) is 0 Å². The maximum Gasteiger partial charge on any atom is 0.222 e. The van der Waals surface area contributed by atoms with Crippen LogP contribution in [-0.4, -0.2) is 39.1 Å². The van der Waals surface area contributed by atoms with E-state index in [-0.39, 0.29) is 5.91 Å². The summed E-state index contributed by atoms with van der Waals surface area (Å²) < 4.78 is 0. The zero-order valence-electron chi connectivity index (χ0n) is 13.0. The van der Waals surface area contributed by atoms with Gasteiger partial charge in [0.1, 0.15) is 5.82 Å². The van der Waals surface area contributed by atoms with E-state index >= 15 is 0 Å². The molecule has 3 rings (SSSR count). The van der Waals surface area contributed by atoms with Crippen molar-refractivity contribution in [1.29, 1.82) is 0 Å². The Labute approximate surface area is 130 Å². The molecule has 1 aliphatic heterocycles. The Hall–Kier alpha value is -2.17. The quantitative estimate of drug-likeness (QED) is 0.944. The van der Waals surface area contributed by atoms with Crippen LogP contribution in [0.4, 0.5) is 0 Å². The monoisotopic (exact) mass is 298 g/mol. The van der Waals surface area contributed by atoms with Crippen LogP contribution in [-0.2, 0) is 4.79 Å². The maximum atomic E-state index is 11.9. The lowest BCUT2D eigenvalue weighted by Gasteiger charge is -2.31. The van der Waals surface area contributed by atoms with E-state index in [1.54, 1.807) is 0 Å². The fourth-order valence-electron chi connectivity index (χ4n) is 2.95. The van der Waals surface area contributed by atoms with E-state index in [9.17, 15) is 4.79 Å². The highest BCUT2D eigenvalue weighted by Gasteiger charge is 2.25. The summed E-state index contributed by atoms with van der Waals surface area (Å²) >= 11 is 0. The number of hydrogen-bond donors (Lipinski definition) is 1. The van der Waals surface area contributed by atoms with E-state index in [2.05, 4.69) is 15.2 Å². The van der Waals surface area contributed by atoms with Crippen molar-refractivity contribution in [2.75, 3.05) is 13.1 Å². The van der Waals surface area contributed by atoms with Crippen LogP contribution in [0, 0.1) is 0 Å². The number of nitrogens with zero attached hydrogens (tertiary/aromatic N) is 3. The van der Waals surface area contributed by atoms with Crippen LogP contribution in [0.5, 0.6) is 0 Å². The van der Waals surface area contributed by atoms with Crippen molar-refractivity contribution in [3.8, 4) is 11.4 Å². The molecule has 0 saturated carbocycles. The van der Waals surface area contributed by atoms with Gasteiger partial charge in [0.05, 0.1) is 0 Å². The Morgan fingerprint density at radius 3 is 2.68 bits per heavy atom. The standard InChI is InChI=1S/C17H22N4O/c1-2-6-15(22)21-11-9-14(10-12-21)17-18-16(19-20-17)13-7-4-3-5-8-13/h3-5,7-8,14H,2,6,9-12H2,1H3,(H,18,19,20). The number of amides is 1. The average molecular weight is 298 g/mol. The van der Waals surface area contributed by atoms with Crippen LogP contribution < -0.4 is 0 Å². The fraction of sp³-hybridized carbons (Fsp3) is 0.471. The number of nitrogens with one attached hydrogen (secondary N) is 1. The van der Waals surface area contributed by atoms with Crippen LogP contribution in [0.1, 0.15) is 44.3 Å². The molecule has 1 aromatic heterocycles. The second-order valence-electron chi connectivity index (χ2n) is 5.82. The van der Waals surface area contributed by atoms with Crippen molar-refractivity contribution < 1.29 is 4.79 Å². The van der Waals surface area contributed by atoms with Crippen LogP contribution in [0.2, 0.25) is 0 Å². The summed E-state index contributed by atoms with van der Waals surface area (Å²) in [6.45, 7) is 3.69. The summed E-state index contributed by atoms with van der Waals surface area (Å²) in [5.74, 6) is 2.35. The minimum absolute atomic E-state index is 0.281. The number of piperidine rings is 1. The van der Waals surface area contributed by atoms with Crippen LogP contribution in [0.15, 0.2) is 30.3 Å². The molecule has 1 aliphatic rings. The molecule has 1 saturated heterocycles. The first-order valence-electron chi connectivity index (χ1n) is 8.03. The molecule has 1 aromatic carbocycles. The normalized spacial score (nSPS) is 16.0. The average Bonchev–Trinajstić information content (AvgIpc) is 3.06. The van der Waals surface area contributed by atoms with Gasteiger partial charge in [0.15, 0.2) is 5.82 Å². The number of hydrogen-bond acceptors (Lipinski definition) is 3.